The summed E-state index contributed by atoms with van der Waals surface area (Å²) in [5, 5.41) is 0. The van der Waals surface area contributed by atoms with Gasteiger partial charge in [-0.2, -0.15) is 0 Å². The van der Waals surface area contributed by atoms with Gasteiger partial charge in [0.2, 0.25) is 0 Å². The Bertz CT molecular complexity index is 654. The largest absolute Gasteiger partial charge is 0.255 e. The molecule has 0 nitrogen and oxygen atoms in total. The maximum atomic E-state index is 14.4. The monoisotopic (exact) mass is 368 g/mol. The summed E-state index contributed by atoms with van der Waals surface area (Å²) in [6, 6.07) is 3.82. The lowest BCUT2D eigenvalue weighted by molar-refractivity contribution is 0.0502. The van der Waals surface area contributed by atoms with Gasteiger partial charge in [0.05, 0.1) is 0 Å². The van der Waals surface area contributed by atoms with Crippen LogP contribution >= 0.6 is 0 Å². The minimum absolute atomic E-state index is 0.576. The highest BCUT2D eigenvalue weighted by Gasteiger charge is 2.73. The van der Waals surface area contributed by atoms with Gasteiger partial charge in [0.1, 0.15) is 0 Å². The highest BCUT2D eigenvalue weighted by molar-refractivity contribution is 5.34. The average molecular weight is 368 g/mol. The van der Waals surface area contributed by atoms with Crippen LogP contribution in [0.1, 0.15) is 70.3 Å². The molecule has 1 aromatic rings. The van der Waals surface area contributed by atoms with Gasteiger partial charge in [0.25, 0.3) is 5.92 Å². The van der Waals surface area contributed by atoms with Gasteiger partial charge in [-0.05, 0) is 55.2 Å². The van der Waals surface area contributed by atoms with E-state index in [1.54, 1.807) is 13.0 Å². The van der Waals surface area contributed by atoms with Crippen molar-refractivity contribution in [3.8, 4) is 0 Å². The lowest BCUT2D eigenvalue weighted by Gasteiger charge is -2.44. The van der Waals surface area contributed by atoms with Crippen LogP contribution in [0.5, 0.6) is 0 Å². The maximum absolute atomic E-state index is 14.4. The summed E-state index contributed by atoms with van der Waals surface area (Å²) in [4.78, 5) is 0. The first-order valence-electron chi connectivity index (χ1n) is 10.2. The number of alkyl halides is 2. The second-order valence-corrected chi connectivity index (χ2v) is 8.96. The van der Waals surface area contributed by atoms with Crippen LogP contribution in [0.3, 0.4) is 0 Å². The van der Waals surface area contributed by atoms with E-state index in [0.717, 1.165) is 24.8 Å². The summed E-state index contributed by atoms with van der Waals surface area (Å²) in [5.41, 5.74) is -0.129. The Balaban J connectivity index is 1.60. The molecule has 3 saturated carbocycles. The van der Waals surface area contributed by atoms with Gasteiger partial charge >= 0.3 is 0 Å². The summed E-state index contributed by atoms with van der Waals surface area (Å²) >= 11 is 0. The molecule has 3 aliphatic carbocycles. The Hall–Kier alpha value is -1.06. The standard InChI is InChI=1S/C22H28F4/c1-14-20(22(14,25)26)21(17-7-8-18(23)19(24)13-17)11-9-16(10-12-21)15-5-3-2-4-6-15/h7-8,13-16,20H,2-6,9-12H2,1H3/t14-,16?,20+,21?/m1/s1. The molecule has 0 unspecified atom stereocenters. The SMILES string of the molecule is C[C@@H]1[C@@H](C2(c3ccc(F)c(F)c3)CCC(C3CCCCC3)CC2)C1(F)F. The lowest BCUT2D eigenvalue weighted by atomic mass is 9.60. The molecule has 0 heterocycles. The zero-order valence-corrected chi connectivity index (χ0v) is 15.4. The number of rotatable bonds is 3. The Labute approximate surface area is 153 Å². The fourth-order valence-electron chi connectivity index (χ4n) is 6.14. The van der Waals surface area contributed by atoms with Gasteiger partial charge in [-0.3, -0.25) is 0 Å². The van der Waals surface area contributed by atoms with E-state index in [1.165, 1.54) is 38.2 Å². The molecule has 0 saturated heterocycles. The van der Waals surface area contributed by atoms with Gasteiger partial charge in [-0.1, -0.05) is 45.1 Å². The molecular formula is C22H28F4. The fourth-order valence-corrected chi connectivity index (χ4v) is 6.14. The van der Waals surface area contributed by atoms with Gasteiger partial charge < -0.3 is 0 Å². The molecule has 0 aromatic heterocycles. The van der Waals surface area contributed by atoms with E-state index in [2.05, 4.69) is 0 Å². The van der Waals surface area contributed by atoms with Gasteiger partial charge in [0, 0.05) is 17.3 Å². The molecule has 0 aliphatic heterocycles. The summed E-state index contributed by atoms with van der Waals surface area (Å²) in [5.74, 6) is -4.61. The van der Waals surface area contributed by atoms with Gasteiger partial charge in [-0.25, -0.2) is 17.6 Å². The van der Waals surface area contributed by atoms with Gasteiger partial charge in [0.15, 0.2) is 11.6 Å². The van der Waals surface area contributed by atoms with Crippen molar-refractivity contribution in [2.24, 2.45) is 23.7 Å². The molecule has 0 N–H and O–H groups in total. The molecule has 3 aliphatic rings. The van der Waals surface area contributed by atoms with Crippen molar-refractivity contribution in [1.29, 1.82) is 0 Å². The second-order valence-electron chi connectivity index (χ2n) is 8.96. The first kappa shape index (κ1) is 18.3. The van der Waals surface area contributed by atoms with E-state index in [4.69, 9.17) is 0 Å². The predicted octanol–water partition coefficient (Wildman–Crippen LogP) is 6.87. The van der Waals surface area contributed by atoms with E-state index < -0.39 is 34.8 Å². The zero-order valence-electron chi connectivity index (χ0n) is 15.4. The third kappa shape index (κ3) is 2.88. The predicted molar refractivity (Wildman–Crippen MR) is 94.2 cm³/mol. The molecule has 144 valence electrons. The van der Waals surface area contributed by atoms with Crippen LogP contribution in [0.4, 0.5) is 17.6 Å². The number of hydrogen-bond acceptors (Lipinski definition) is 0. The Kier molecular flexibility index (Phi) is 4.60. The lowest BCUT2D eigenvalue weighted by Crippen LogP contribution is -2.38. The van der Waals surface area contributed by atoms with Crippen molar-refractivity contribution in [2.45, 2.75) is 76.0 Å². The smallest absolute Gasteiger partial charge is 0.206 e. The van der Waals surface area contributed by atoms with Crippen LogP contribution < -0.4 is 0 Å². The van der Waals surface area contributed by atoms with Crippen LogP contribution in [-0.2, 0) is 5.41 Å². The molecule has 0 amide bonds. The van der Waals surface area contributed by atoms with Crippen molar-refractivity contribution >= 4 is 0 Å². The summed E-state index contributed by atoms with van der Waals surface area (Å²) in [6.45, 7) is 1.60. The normalized spacial score (nSPS) is 37.5. The minimum Gasteiger partial charge on any atom is -0.206 e. The van der Waals surface area contributed by atoms with Gasteiger partial charge in [-0.15, -0.1) is 0 Å². The molecule has 26 heavy (non-hydrogen) atoms. The Morgan fingerprint density at radius 3 is 1.96 bits per heavy atom. The maximum Gasteiger partial charge on any atom is 0.255 e. The quantitative estimate of drug-likeness (QED) is 0.510. The average Bonchev–Trinajstić information content (AvgIpc) is 3.16. The first-order valence-corrected chi connectivity index (χ1v) is 10.2. The Morgan fingerprint density at radius 1 is 0.846 bits per heavy atom. The third-order valence-corrected chi connectivity index (χ3v) is 7.74. The van der Waals surface area contributed by atoms with Crippen molar-refractivity contribution in [3.63, 3.8) is 0 Å². The third-order valence-electron chi connectivity index (χ3n) is 7.74. The second kappa shape index (κ2) is 6.53. The van der Waals surface area contributed by atoms with Crippen LogP contribution in [0.2, 0.25) is 0 Å². The highest BCUT2D eigenvalue weighted by Crippen LogP contribution is 2.67. The molecule has 3 fully saturated rings. The molecule has 0 bridgehead atoms. The highest BCUT2D eigenvalue weighted by atomic mass is 19.3. The van der Waals surface area contributed by atoms with Crippen LogP contribution in [0.15, 0.2) is 18.2 Å². The summed E-state index contributed by atoms with van der Waals surface area (Å²) in [6.07, 6.45) is 9.62. The molecule has 4 heteroatoms. The van der Waals surface area contributed by atoms with Crippen molar-refractivity contribution in [2.75, 3.05) is 0 Å². The molecule has 4 rings (SSSR count). The summed E-state index contributed by atoms with van der Waals surface area (Å²) in [7, 11) is 0. The molecule has 0 spiro atoms. The van der Waals surface area contributed by atoms with Crippen LogP contribution in [-0.4, -0.2) is 5.92 Å². The zero-order chi connectivity index (χ0) is 18.5. The van der Waals surface area contributed by atoms with Crippen LogP contribution in [0, 0.1) is 35.3 Å². The Morgan fingerprint density at radius 2 is 1.42 bits per heavy atom. The van der Waals surface area contributed by atoms with Crippen LogP contribution in [0.25, 0.3) is 0 Å². The van der Waals surface area contributed by atoms with E-state index in [0.29, 0.717) is 24.3 Å². The van der Waals surface area contributed by atoms with Crippen molar-refractivity contribution in [1.82, 2.24) is 0 Å². The molecule has 0 radical (unpaired) electrons. The first-order chi connectivity index (χ1) is 12.4. The van der Waals surface area contributed by atoms with E-state index >= 15 is 0 Å². The number of halogens is 4. The topological polar surface area (TPSA) is 0 Å². The van der Waals surface area contributed by atoms with E-state index in [1.807, 2.05) is 0 Å². The number of hydrogen-bond donors (Lipinski definition) is 0. The van der Waals surface area contributed by atoms with E-state index in [-0.39, 0.29) is 0 Å². The fraction of sp³-hybridized carbons (Fsp3) is 0.727. The van der Waals surface area contributed by atoms with E-state index in [9.17, 15) is 17.6 Å². The molecular weight excluding hydrogens is 340 g/mol. The minimum atomic E-state index is -2.69. The van der Waals surface area contributed by atoms with Crippen molar-refractivity contribution in [3.05, 3.63) is 35.4 Å². The van der Waals surface area contributed by atoms with Crippen molar-refractivity contribution < 1.29 is 17.6 Å². The number of benzene rings is 1. The molecule has 1 aromatic carbocycles. The summed E-state index contributed by atoms with van der Waals surface area (Å²) < 4.78 is 56.0. The molecule has 2 atom stereocenters.